The van der Waals surface area contributed by atoms with E-state index in [0.717, 1.165) is 5.56 Å². The highest BCUT2D eigenvalue weighted by Crippen LogP contribution is 2.29. The molecule has 7 heteroatoms. The molecule has 20 heavy (non-hydrogen) atoms. The first-order chi connectivity index (χ1) is 9.29. The lowest BCUT2D eigenvalue weighted by Gasteiger charge is -2.10. The molecule has 0 aromatic heterocycles. The van der Waals surface area contributed by atoms with E-state index in [-0.39, 0.29) is 4.90 Å². The average Bonchev–Trinajstić information content (AvgIpc) is 2.33. The third-order valence-corrected chi connectivity index (χ3v) is 6.14. The summed E-state index contributed by atoms with van der Waals surface area (Å²) >= 11 is 12.5. The minimum absolute atomic E-state index is 0.183. The summed E-state index contributed by atoms with van der Waals surface area (Å²) in [7, 11) is -3.66. The molecule has 0 radical (unpaired) electrons. The molecule has 0 aliphatic carbocycles. The van der Waals surface area contributed by atoms with Crippen molar-refractivity contribution in [1.29, 1.82) is 0 Å². The smallest absolute Gasteiger partial charge is 0.263 e. The summed E-state index contributed by atoms with van der Waals surface area (Å²) in [5, 5.41) is 0.438. The first-order valence-electron chi connectivity index (χ1n) is 5.53. The van der Waals surface area contributed by atoms with Crippen molar-refractivity contribution >= 4 is 59.2 Å². The van der Waals surface area contributed by atoms with Crippen LogP contribution in [0.4, 0.5) is 5.69 Å². The van der Waals surface area contributed by atoms with Gasteiger partial charge in [-0.3, -0.25) is 4.72 Å². The van der Waals surface area contributed by atoms with Gasteiger partial charge in [0.2, 0.25) is 0 Å². The van der Waals surface area contributed by atoms with Gasteiger partial charge in [0.1, 0.15) is 4.90 Å². The second kappa shape index (κ2) is 6.05. The number of hydrogen-bond acceptors (Lipinski definition) is 2. The number of aryl methyl sites for hydroxylation is 1. The van der Waals surface area contributed by atoms with Gasteiger partial charge in [0.05, 0.1) is 10.7 Å². The molecule has 2 aromatic carbocycles. The number of hydrogen-bond donors (Lipinski definition) is 1. The van der Waals surface area contributed by atoms with Crippen LogP contribution in [0, 0.1) is 6.92 Å². The van der Waals surface area contributed by atoms with Crippen LogP contribution in [0.3, 0.4) is 0 Å². The van der Waals surface area contributed by atoms with E-state index < -0.39 is 10.0 Å². The molecule has 2 rings (SSSR count). The summed E-state index contributed by atoms with van der Waals surface area (Å²) in [4.78, 5) is 0.183. The van der Waals surface area contributed by atoms with Crippen LogP contribution >= 0.6 is 43.5 Å². The van der Waals surface area contributed by atoms with E-state index in [1.165, 1.54) is 0 Å². The Hall–Kier alpha value is -0.560. The highest BCUT2D eigenvalue weighted by molar-refractivity contribution is 9.10. The number of anilines is 1. The zero-order chi connectivity index (χ0) is 14.9. The first-order valence-corrected chi connectivity index (χ1v) is 8.98. The lowest BCUT2D eigenvalue weighted by Crippen LogP contribution is -2.13. The maximum Gasteiger partial charge on any atom is 0.263 e. The minimum atomic E-state index is -3.66. The molecule has 3 nitrogen and oxygen atoms in total. The van der Waals surface area contributed by atoms with E-state index in [9.17, 15) is 8.42 Å². The van der Waals surface area contributed by atoms with E-state index in [4.69, 9.17) is 11.6 Å². The molecule has 0 heterocycles. The van der Waals surface area contributed by atoms with Gasteiger partial charge in [-0.25, -0.2) is 8.42 Å². The topological polar surface area (TPSA) is 46.2 Å². The van der Waals surface area contributed by atoms with E-state index >= 15 is 0 Å². The fourth-order valence-corrected chi connectivity index (χ4v) is 4.26. The predicted octanol–water partition coefficient (Wildman–Crippen LogP) is 4.97. The summed E-state index contributed by atoms with van der Waals surface area (Å²) in [5.41, 5.74) is 1.38. The second-order valence-corrected chi connectivity index (χ2v) is 7.93. The summed E-state index contributed by atoms with van der Waals surface area (Å²) in [5.74, 6) is 0. The SMILES string of the molecule is Cc1ccc(S(=O)(=O)Nc2ccc(Br)c(Cl)c2)c(Br)c1. The van der Waals surface area contributed by atoms with Crippen LogP contribution in [0.15, 0.2) is 50.2 Å². The normalized spacial score (nSPS) is 11.4. The van der Waals surface area contributed by atoms with Crippen molar-refractivity contribution in [2.24, 2.45) is 0 Å². The molecule has 0 bridgehead atoms. The third kappa shape index (κ3) is 3.55. The number of rotatable bonds is 3. The molecule has 106 valence electrons. The molecule has 0 spiro atoms. The van der Waals surface area contributed by atoms with Crippen LogP contribution < -0.4 is 4.72 Å². The van der Waals surface area contributed by atoms with Gasteiger partial charge in [-0.05, 0) is 74.7 Å². The number of nitrogens with one attached hydrogen (secondary N) is 1. The van der Waals surface area contributed by atoms with Crippen LogP contribution in [0.2, 0.25) is 5.02 Å². The van der Waals surface area contributed by atoms with E-state index in [2.05, 4.69) is 36.6 Å². The van der Waals surface area contributed by atoms with Gasteiger partial charge >= 0.3 is 0 Å². The van der Waals surface area contributed by atoms with Crippen LogP contribution in [-0.4, -0.2) is 8.42 Å². The highest BCUT2D eigenvalue weighted by Gasteiger charge is 2.18. The lowest BCUT2D eigenvalue weighted by atomic mass is 10.2. The zero-order valence-electron chi connectivity index (χ0n) is 10.3. The summed E-state index contributed by atoms with van der Waals surface area (Å²) < 4.78 is 28.4. The molecular weight excluding hydrogens is 429 g/mol. The molecule has 0 saturated heterocycles. The summed E-state index contributed by atoms with van der Waals surface area (Å²) in [6.45, 7) is 1.89. The van der Waals surface area contributed by atoms with Gasteiger partial charge < -0.3 is 0 Å². The Labute approximate surface area is 139 Å². The minimum Gasteiger partial charge on any atom is -0.280 e. The summed E-state index contributed by atoms with van der Waals surface area (Å²) in [6, 6.07) is 9.92. The van der Waals surface area contributed by atoms with Gasteiger partial charge in [-0.15, -0.1) is 0 Å². The Morgan fingerprint density at radius 1 is 1.05 bits per heavy atom. The molecule has 1 N–H and O–H groups in total. The van der Waals surface area contributed by atoms with Crippen molar-refractivity contribution in [2.75, 3.05) is 4.72 Å². The van der Waals surface area contributed by atoms with Crippen molar-refractivity contribution in [2.45, 2.75) is 11.8 Å². The molecular formula is C13H10Br2ClNO2S. The van der Waals surface area contributed by atoms with Crippen LogP contribution in [-0.2, 0) is 10.0 Å². The van der Waals surface area contributed by atoms with E-state index in [0.29, 0.717) is 19.7 Å². The molecule has 2 aromatic rings. The fourth-order valence-electron chi connectivity index (χ4n) is 1.59. The Kier molecular flexibility index (Phi) is 4.79. The Bertz CT molecular complexity index is 763. The number of sulfonamides is 1. The third-order valence-electron chi connectivity index (χ3n) is 2.55. The molecule has 0 saturated carbocycles. The Morgan fingerprint density at radius 2 is 1.75 bits per heavy atom. The average molecular weight is 440 g/mol. The van der Waals surface area contributed by atoms with Crippen molar-refractivity contribution in [1.82, 2.24) is 0 Å². The van der Waals surface area contributed by atoms with E-state index in [1.54, 1.807) is 36.4 Å². The van der Waals surface area contributed by atoms with E-state index in [1.807, 2.05) is 6.92 Å². The molecule has 0 aliphatic heterocycles. The second-order valence-electron chi connectivity index (χ2n) is 4.17. The number of benzene rings is 2. The molecule has 0 unspecified atom stereocenters. The lowest BCUT2D eigenvalue weighted by molar-refractivity contribution is 0.600. The van der Waals surface area contributed by atoms with Crippen molar-refractivity contribution < 1.29 is 8.42 Å². The highest BCUT2D eigenvalue weighted by atomic mass is 79.9. The quantitative estimate of drug-likeness (QED) is 0.734. The van der Waals surface area contributed by atoms with Crippen molar-refractivity contribution in [3.05, 3.63) is 55.9 Å². The zero-order valence-corrected chi connectivity index (χ0v) is 15.1. The van der Waals surface area contributed by atoms with Crippen molar-refractivity contribution in [3.8, 4) is 0 Å². The van der Waals surface area contributed by atoms with Gasteiger partial charge in [0.15, 0.2) is 0 Å². The molecule has 0 atom stereocenters. The number of halogens is 3. The van der Waals surface area contributed by atoms with Crippen LogP contribution in [0.1, 0.15) is 5.56 Å². The Morgan fingerprint density at radius 3 is 2.35 bits per heavy atom. The van der Waals surface area contributed by atoms with Gasteiger partial charge in [-0.1, -0.05) is 17.7 Å². The van der Waals surface area contributed by atoms with Crippen molar-refractivity contribution in [3.63, 3.8) is 0 Å². The molecule has 0 fully saturated rings. The summed E-state index contributed by atoms with van der Waals surface area (Å²) in [6.07, 6.45) is 0. The van der Waals surface area contributed by atoms with Gasteiger partial charge in [-0.2, -0.15) is 0 Å². The van der Waals surface area contributed by atoms with Crippen LogP contribution in [0.25, 0.3) is 0 Å². The monoisotopic (exact) mass is 437 g/mol. The Balaban J connectivity index is 2.38. The van der Waals surface area contributed by atoms with Crippen LogP contribution in [0.5, 0.6) is 0 Å². The maximum atomic E-state index is 12.3. The standard InChI is InChI=1S/C13H10Br2ClNO2S/c1-8-2-5-13(11(15)6-8)20(18,19)17-9-3-4-10(14)12(16)7-9/h2-7,17H,1H3. The molecule has 0 amide bonds. The van der Waals surface area contributed by atoms with Gasteiger partial charge in [0, 0.05) is 8.95 Å². The maximum absolute atomic E-state index is 12.3. The molecule has 0 aliphatic rings. The first kappa shape index (κ1) is 15.8. The fraction of sp³-hybridized carbons (Fsp3) is 0.0769. The van der Waals surface area contributed by atoms with Gasteiger partial charge in [0.25, 0.3) is 10.0 Å². The largest absolute Gasteiger partial charge is 0.280 e. The predicted molar refractivity (Wildman–Crippen MR) is 88.8 cm³/mol.